The maximum atomic E-state index is 12.8. The Morgan fingerprint density at radius 3 is 2.15 bits per heavy atom. The molecular weight excluding hydrogens is 376 g/mol. The van der Waals surface area contributed by atoms with E-state index in [0.717, 1.165) is 0 Å². The van der Waals surface area contributed by atoms with Gasteiger partial charge < -0.3 is 9.94 Å². The summed E-state index contributed by atoms with van der Waals surface area (Å²) in [7, 11) is 0. The molecule has 0 atom stereocenters. The molecule has 0 aliphatic heterocycles. The Hall–Kier alpha value is -3.15. The molecule has 0 amide bonds. The molecule has 0 aromatic heterocycles. The molecule has 2 aromatic rings. The van der Waals surface area contributed by atoms with E-state index in [2.05, 4.69) is 17.0 Å². The van der Waals surface area contributed by atoms with Crippen LogP contribution >= 0.6 is 0 Å². The van der Waals surface area contributed by atoms with E-state index in [-0.39, 0.29) is 6.07 Å². The van der Waals surface area contributed by atoms with Gasteiger partial charge in [-0.25, -0.2) is 0 Å². The zero-order chi connectivity index (χ0) is 20.1. The summed E-state index contributed by atoms with van der Waals surface area (Å²) in [5, 5.41) is 11.3. The maximum Gasteiger partial charge on any atom is 0.416 e. The molecular formula is C18H11F6NO2. The lowest BCUT2D eigenvalue weighted by molar-refractivity contribution is -0.143. The lowest BCUT2D eigenvalue weighted by Crippen LogP contribution is -2.11. The Balaban J connectivity index is 2.18. The van der Waals surface area contributed by atoms with Crippen LogP contribution in [0.1, 0.15) is 22.3 Å². The van der Waals surface area contributed by atoms with E-state index in [1.807, 2.05) is 0 Å². The van der Waals surface area contributed by atoms with E-state index >= 15 is 0 Å². The number of nitrogens with zero attached hydrogens (tertiary/aromatic N) is 1. The summed E-state index contributed by atoms with van der Waals surface area (Å²) < 4.78 is 81.5. The standard InChI is InChI=1S/C18H11F6NO2/c19-17(20,21)14-8-15(18(22,23)24)10-16(9-14)27-6-2-5-12-3-1-4-13(7-12)11-25-26/h1,3-4,7-11,26H,6H2. The maximum absolute atomic E-state index is 12.8. The second-order valence-electron chi connectivity index (χ2n) is 5.20. The van der Waals surface area contributed by atoms with Crippen LogP contribution in [0.3, 0.4) is 0 Å². The van der Waals surface area contributed by atoms with Gasteiger partial charge in [-0.15, -0.1) is 0 Å². The SMILES string of the molecule is ON=Cc1cccc(C#CCOc2cc(C(F)(F)F)cc(C(F)(F)F)c2)c1. The molecule has 0 spiro atoms. The first-order valence-corrected chi connectivity index (χ1v) is 7.28. The highest BCUT2D eigenvalue weighted by atomic mass is 19.4. The van der Waals surface area contributed by atoms with E-state index < -0.39 is 35.8 Å². The van der Waals surface area contributed by atoms with E-state index in [1.54, 1.807) is 24.3 Å². The van der Waals surface area contributed by atoms with Gasteiger partial charge in [0, 0.05) is 5.56 Å². The number of hydrogen-bond acceptors (Lipinski definition) is 3. The molecule has 2 aromatic carbocycles. The van der Waals surface area contributed by atoms with Crippen LogP contribution < -0.4 is 4.74 Å². The van der Waals surface area contributed by atoms with Gasteiger partial charge >= 0.3 is 12.4 Å². The summed E-state index contributed by atoms with van der Waals surface area (Å²) in [5.41, 5.74) is -1.87. The van der Waals surface area contributed by atoms with Gasteiger partial charge in [-0.05, 0) is 35.9 Å². The van der Waals surface area contributed by atoms with Gasteiger partial charge in [0.15, 0.2) is 0 Å². The second kappa shape index (κ2) is 8.03. The number of rotatable bonds is 3. The number of alkyl halides is 6. The smallest absolute Gasteiger partial charge is 0.416 e. The minimum Gasteiger partial charge on any atom is -0.481 e. The van der Waals surface area contributed by atoms with Crippen LogP contribution in [-0.4, -0.2) is 18.0 Å². The minimum absolute atomic E-state index is 0.0206. The lowest BCUT2D eigenvalue weighted by Gasteiger charge is -2.14. The number of benzene rings is 2. The van der Waals surface area contributed by atoms with Crippen molar-refractivity contribution >= 4 is 6.21 Å². The van der Waals surface area contributed by atoms with Crippen molar-refractivity contribution in [2.24, 2.45) is 5.16 Å². The molecule has 3 nitrogen and oxygen atoms in total. The molecule has 0 saturated carbocycles. The Kier molecular flexibility index (Phi) is 6.00. The molecule has 0 aliphatic rings. The van der Waals surface area contributed by atoms with E-state index in [4.69, 9.17) is 9.94 Å². The quantitative estimate of drug-likeness (QED) is 0.266. The summed E-state index contributed by atoms with van der Waals surface area (Å²) >= 11 is 0. The first-order valence-electron chi connectivity index (χ1n) is 7.28. The topological polar surface area (TPSA) is 41.8 Å². The van der Waals surface area contributed by atoms with Gasteiger partial charge in [-0.1, -0.05) is 29.1 Å². The summed E-state index contributed by atoms with van der Waals surface area (Å²) in [5.74, 6) is 4.54. The molecule has 0 bridgehead atoms. The highest BCUT2D eigenvalue weighted by Gasteiger charge is 2.37. The van der Waals surface area contributed by atoms with Crippen molar-refractivity contribution in [2.45, 2.75) is 12.4 Å². The van der Waals surface area contributed by atoms with Gasteiger partial charge in [0.05, 0.1) is 17.3 Å². The summed E-state index contributed by atoms with van der Waals surface area (Å²) in [6.07, 6.45) is -8.72. The molecule has 1 N–H and O–H groups in total. The van der Waals surface area contributed by atoms with E-state index in [9.17, 15) is 26.3 Å². The molecule has 27 heavy (non-hydrogen) atoms. The average Bonchev–Trinajstić information content (AvgIpc) is 2.58. The van der Waals surface area contributed by atoms with Gasteiger partial charge in [0.25, 0.3) is 0 Å². The minimum atomic E-state index is -4.94. The van der Waals surface area contributed by atoms with Crippen molar-refractivity contribution in [3.05, 3.63) is 64.7 Å². The lowest BCUT2D eigenvalue weighted by atomic mass is 10.1. The largest absolute Gasteiger partial charge is 0.481 e. The third-order valence-corrected chi connectivity index (χ3v) is 3.20. The summed E-state index contributed by atoms with van der Waals surface area (Å²) in [6.45, 7) is -0.420. The van der Waals surface area contributed by atoms with Crippen LogP contribution in [0.25, 0.3) is 0 Å². The third-order valence-electron chi connectivity index (χ3n) is 3.20. The second-order valence-corrected chi connectivity index (χ2v) is 5.20. The van der Waals surface area contributed by atoms with Crippen LogP contribution in [-0.2, 0) is 12.4 Å². The normalized spacial score (nSPS) is 11.9. The molecule has 0 heterocycles. The molecule has 9 heteroatoms. The third kappa shape index (κ3) is 5.95. The van der Waals surface area contributed by atoms with Crippen molar-refractivity contribution in [3.63, 3.8) is 0 Å². The van der Waals surface area contributed by atoms with Crippen molar-refractivity contribution in [2.75, 3.05) is 6.61 Å². The van der Waals surface area contributed by atoms with Crippen LogP contribution in [0.5, 0.6) is 5.75 Å². The monoisotopic (exact) mass is 387 g/mol. The first-order chi connectivity index (χ1) is 12.6. The van der Waals surface area contributed by atoms with E-state index in [0.29, 0.717) is 23.3 Å². The van der Waals surface area contributed by atoms with Crippen molar-refractivity contribution in [1.29, 1.82) is 0 Å². The molecule has 0 radical (unpaired) electrons. The fraction of sp³-hybridized carbons (Fsp3) is 0.167. The fourth-order valence-corrected chi connectivity index (χ4v) is 2.03. The summed E-state index contributed by atoms with van der Waals surface area (Å²) in [4.78, 5) is 0. The van der Waals surface area contributed by atoms with Crippen LogP contribution in [0.15, 0.2) is 47.6 Å². The molecule has 0 saturated heterocycles. The number of halogens is 6. The predicted molar refractivity (Wildman–Crippen MR) is 84.6 cm³/mol. The predicted octanol–water partition coefficient (Wildman–Crippen LogP) is 4.96. The fourth-order valence-electron chi connectivity index (χ4n) is 2.03. The molecule has 142 valence electrons. The highest BCUT2D eigenvalue weighted by Crippen LogP contribution is 2.38. The van der Waals surface area contributed by atoms with Crippen molar-refractivity contribution in [3.8, 4) is 17.6 Å². The average molecular weight is 387 g/mol. The Labute approximate surface area is 149 Å². The molecule has 0 unspecified atom stereocenters. The van der Waals surface area contributed by atoms with Crippen LogP contribution in [0, 0.1) is 11.8 Å². The van der Waals surface area contributed by atoms with Gasteiger partial charge in [0.1, 0.15) is 12.4 Å². The summed E-state index contributed by atoms with van der Waals surface area (Å²) in [6, 6.07) is 7.44. The van der Waals surface area contributed by atoms with Gasteiger partial charge in [-0.2, -0.15) is 26.3 Å². The number of ether oxygens (including phenoxy) is 1. The Morgan fingerprint density at radius 1 is 0.963 bits per heavy atom. The van der Waals surface area contributed by atoms with Crippen LogP contribution in [0.4, 0.5) is 26.3 Å². The van der Waals surface area contributed by atoms with Gasteiger partial charge in [0.2, 0.25) is 0 Å². The molecule has 0 aliphatic carbocycles. The van der Waals surface area contributed by atoms with Crippen molar-refractivity contribution < 1.29 is 36.3 Å². The molecule has 0 fully saturated rings. The Bertz CT molecular complexity index is 859. The molecule has 2 rings (SSSR count). The first kappa shape index (κ1) is 20.2. The zero-order valence-corrected chi connectivity index (χ0v) is 13.4. The van der Waals surface area contributed by atoms with Crippen LogP contribution in [0.2, 0.25) is 0 Å². The van der Waals surface area contributed by atoms with E-state index in [1.165, 1.54) is 6.21 Å². The number of hydrogen-bond donors (Lipinski definition) is 1. The zero-order valence-electron chi connectivity index (χ0n) is 13.4. The Morgan fingerprint density at radius 2 is 1.59 bits per heavy atom. The van der Waals surface area contributed by atoms with Gasteiger partial charge in [-0.3, -0.25) is 0 Å². The van der Waals surface area contributed by atoms with Crippen molar-refractivity contribution in [1.82, 2.24) is 0 Å². The number of oxime groups is 1. The highest BCUT2D eigenvalue weighted by molar-refractivity contribution is 5.79.